The molecule has 1 amide bonds. The molecule has 1 aliphatic heterocycles. The van der Waals surface area contributed by atoms with E-state index >= 15 is 0 Å². The standard InChI is InChI=1S/C23H16F2N2O4/c1-31-18-5-3-2-4-15(18)21(28)19-20(13-8-10-26-11-9-13)27(23(30)22(19)29)17-12-14(24)6-7-16(17)25/h2-12,20,28H,1H3/b21-19+. The van der Waals surface area contributed by atoms with Crippen molar-refractivity contribution in [3.05, 3.63) is 95.3 Å². The van der Waals surface area contributed by atoms with Crippen molar-refractivity contribution >= 4 is 23.1 Å². The lowest BCUT2D eigenvalue weighted by Crippen LogP contribution is -2.30. The van der Waals surface area contributed by atoms with Crippen LogP contribution in [0.1, 0.15) is 17.2 Å². The molecular weight excluding hydrogens is 406 g/mol. The third-order valence-electron chi connectivity index (χ3n) is 5.00. The van der Waals surface area contributed by atoms with Gasteiger partial charge in [0.15, 0.2) is 0 Å². The summed E-state index contributed by atoms with van der Waals surface area (Å²) in [4.78, 5) is 30.7. The maximum absolute atomic E-state index is 14.6. The van der Waals surface area contributed by atoms with Crippen LogP contribution < -0.4 is 9.64 Å². The Morgan fingerprint density at radius 1 is 1.06 bits per heavy atom. The van der Waals surface area contributed by atoms with E-state index in [1.165, 1.54) is 37.7 Å². The number of hydrogen-bond acceptors (Lipinski definition) is 5. The summed E-state index contributed by atoms with van der Waals surface area (Å²) in [5, 5.41) is 11.1. The van der Waals surface area contributed by atoms with Crippen molar-refractivity contribution < 1.29 is 28.2 Å². The smallest absolute Gasteiger partial charge is 0.300 e. The molecule has 156 valence electrons. The second kappa shape index (κ2) is 7.98. The van der Waals surface area contributed by atoms with E-state index in [0.717, 1.165) is 23.1 Å². The molecule has 0 radical (unpaired) electrons. The minimum atomic E-state index is -1.20. The molecule has 1 aromatic heterocycles. The number of pyridine rings is 1. The lowest BCUT2D eigenvalue weighted by atomic mass is 9.95. The van der Waals surface area contributed by atoms with E-state index in [-0.39, 0.29) is 16.9 Å². The van der Waals surface area contributed by atoms with Crippen LogP contribution in [0.4, 0.5) is 14.5 Å². The van der Waals surface area contributed by atoms with Gasteiger partial charge in [-0.3, -0.25) is 19.5 Å². The van der Waals surface area contributed by atoms with Gasteiger partial charge in [0.1, 0.15) is 23.1 Å². The number of Topliss-reactive ketones (excluding diaryl/α,β-unsaturated/α-hetero) is 1. The summed E-state index contributed by atoms with van der Waals surface area (Å²) in [5.41, 5.74) is -0.122. The number of hydrogen-bond donors (Lipinski definition) is 1. The first-order valence-electron chi connectivity index (χ1n) is 9.23. The quantitative estimate of drug-likeness (QED) is 0.391. The fraction of sp³-hybridized carbons (Fsp3) is 0.0870. The van der Waals surface area contributed by atoms with Crippen molar-refractivity contribution in [2.75, 3.05) is 12.0 Å². The van der Waals surface area contributed by atoms with Crippen LogP contribution in [0, 0.1) is 11.6 Å². The van der Waals surface area contributed by atoms with E-state index in [0.29, 0.717) is 5.56 Å². The van der Waals surface area contributed by atoms with Crippen molar-refractivity contribution in [1.29, 1.82) is 0 Å². The van der Waals surface area contributed by atoms with Crippen LogP contribution in [0.2, 0.25) is 0 Å². The van der Waals surface area contributed by atoms with Crippen LogP contribution in [0.5, 0.6) is 5.75 Å². The van der Waals surface area contributed by atoms with E-state index in [9.17, 15) is 23.5 Å². The Labute approximate surface area is 176 Å². The highest BCUT2D eigenvalue weighted by molar-refractivity contribution is 6.51. The number of benzene rings is 2. The largest absolute Gasteiger partial charge is 0.507 e. The zero-order valence-electron chi connectivity index (χ0n) is 16.3. The number of aromatic nitrogens is 1. The predicted molar refractivity (Wildman–Crippen MR) is 108 cm³/mol. The molecule has 8 heteroatoms. The van der Waals surface area contributed by atoms with Crippen LogP contribution in [0.15, 0.2) is 72.6 Å². The number of aliphatic hydroxyl groups excluding tert-OH is 1. The van der Waals surface area contributed by atoms with Gasteiger partial charge in [0, 0.05) is 18.5 Å². The number of halogens is 2. The van der Waals surface area contributed by atoms with Gasteiger partial charge in [-0.15, -0.1) is 0 Å². The van der Waals surface area contributed by atoms with E-state index in [1.807, 2.05) is 0 Å². The van der Waals surface area contributed by atoms with Gasteiger partial charge in [-0.2, -0.15) is 0 Å². The first kappa shape index (κ1) is 20.2. The molecule has 0 bridgehead atoms. The van der Waals surface area contributed by atoms with Gasteiger partial charge in [-0.1, -0.05) is 12.1 Å². The highest BCUT2D eigenvalue weighted by atomic mass is 19.1. The molecule has 1 atom stereocenters. The van der Waals surface area contributed by atoms with Crippen molar-refractivity contribution in [2.45, 2.75) is 6.04 Å². The lowest BCUT2D eigenvalue weighted by Gasteiger charge is -2.25. The number of ketones is 1. The number of carbonyl (C=O) groups excluding carboxylic acids is 2. The second-order valence-electron chi connectivity index (χ2n) is 6.75. The van der Waals surface area contributed by atoms with E-state index in [4.69, 9.17) is 4.74 Å². The number of rotatable bonds is 4. The zero-order valence-corrected chi connectivity index (χ0v) is 16.3. The zero-order chi connectivity index (χ0) is 22.1. The number of amides is 1. The lowest BCUT2D eigenvalue weighted by molar-refractivity contribution is -0.132. The number of carbonyl (C=O) groups is 2. The van der Waals surface area contributed by atoms with Gasteiger partial charge in [-0.25, -0.2) is 8.78 Å². The molecule has 6 nitrogen and oxygen atoms in total. The SMILES string of the molecule is COc1ccccc1/C(O)=C1\C(=O)C(=O)N(c2cc(F)ccc2F)C1c1ccncc1. The summed E-state index contributed by atoms with van der Waals surface area (Å²) in [5.74, 6) is -4.01. The molecule has 31 heavy (non-hydrogen) atoms. The number of anilines is 1. The third kappa shape index (κ3) is 3.42. The fourth-order valence-corrected chi connectivity index (χ4v) is 3.60. The molecule has 1 fully saturated rings. The van der Waals surface area contributed by atoms with Crippen molar-refractivity contribution in [2.24, 2.45) is 0 Å². The number of nitrogens with zero attached hydrogens (tertiary/aromatic N) is 2. The van der Waals surface area contributed by atoms with Crippen LogP contribution in [-0.4, -0.2) is 28.9 Å². The Kier molecular flexibility index (Phi) is 5.21. The number of aliphatic hydroxyl groups is 1. The molecule has 0 spiro atoms. The Morgan fingerprint density at radius 3 is 2.48 bits per heavy atom. The summed E-state index contributed by atoms with van der Waals surface area (Å²) < 4.78 is 33.7. The number of para-hydroxylation sites is 1. The van der Waals surface area contributed by atoms with Crippen molar-refractivity contribution in [3.8, 4) is 5.75 Å². The molecule has 3 aromatic rings. The van der Waals surface area contributed by atoms with Gasteiger partial charge >= 0.3 is 0 Å². The van der Waals surface area contributed by atoms with E-state index in [2.05, 4.69) is 4.98 Å². The molecule has 1 saturated heterocycles. The first-order valence-corrected chi connectivity index (χ1v) is 9.23. The Bertz CT molecular complexity index is 1210. The molecular formula is C23H16F2N2O4. The summed E-state index contributed by atoms with van der Waals surface area (Å²) >= 11 is 0. The van der Waals surface area contributed by atoms with E-state index < -0.39 is 40.8 Å². The summed E-state index contributed by atoms with van der Waals surface area (Å²) in [6, 6.07) is 10.9. The van der Waals surface area contributed by atoms with Crippen LogP contribution in [0.25, 0.3) is 5.76 Å². The minimum absolute atomic E-state index is 0.182. The number of methoxy groups -OCH3 is 1. The monoisotopic (exact) mass is 422 g/mol. The highest BCUT2D eigenvalue weighted by Gasteiger charge is 2.48. The molecule has 0 aliphatic carbocycles. The molecule has 1 aliphatic rings. The molecule has 2 heterocycles. The summed E-state index contributed by atoms with van der Waals surface area (Å²) in [6.45, 7) is 0. The maximum Gasteiger partial charge on any atom is 0.300 e. The fourth-order valence-electron chi connectivity index (χ4n) is 3.60. The molecule has 4 rings (SSSR count). The normalized spacial score (nSPS) is 17.8. The van der Waals surface area contributed by atoms with Gasteiger partial charge in [0.25, 0.3) is 11.7 Å². The van der Waals surface area contributed by atoms with Crippen molar-refractivity contribution in [1.82, 2.24) is 4.98 Å². The Morgan fingerprint density at radius 2 is 1.77 bits per heavy atom. The maximum atomic E-state index is 14.6. The molecule has 0 saturated carbocycles. The first-order chi connectivity index (χ1) is 14.9. The van der Waals surface area contributed by atoms with Gasteiger partial charge in [-0.05, 0) is 42.0 Å². The highest BCUT2D eigenvalue weighted by Crippen LogP contribution is 2.43. The average Bonchev–Trinajstić information content (AvgIpc) is 3.06. The predicted octanol–water partition coefficient (Wildman–Crippen LogP) is 3.99. The van der Waals surface area contributed by atoms with E-state index in [1.54, 1.807) is 18.2 Å². The summed E-state index contributed by atoms with van der Waals surface area (Å²) in [7, 11) is 1.40. The van der Waals surface area contributed by atoms with Crippen LogP contribution in [0.3, 0.4) is 0 Å². The van der Waals surface area contributed by atoms with Crippen LogP contribution >= 0.6 is 0 Å². The molecule has 1 unspecified atom stereocenters. The molecule has 2 aromatic carbocycles. The van der Waals surface area contributed by atoms with Gasteiger partial charge in [0.2, 0.25) is 0 Å². The second-order valence-corrected chi connectivity index (χ2v) is 6.75. The third-order valence-corrected chi connectivity index (χ3v) is 5.00. The number of ether oxygens (including phenoxy) is 1. The minimum Gasteiger partial charge on any atom is -0.507 e. The van der Waals surface area contributed by atoms with Gasteiger partial charge < -0.3 is 9.84 Å². The topological polar surface area (TPSA) is 79.7 Å². The Balaban J connectivity index is 2.00. The molecule has 1 N–H and O–H groups in total. The van der Waals surface area contributed by atoms with Gasteiger partial charge in [0.05, 0.1) is 30.0 Å². The average molecular weight is 422 g/mol. The van der Waals surface area contributed by atoms with Crippen molar-refractivity contribution in [3.63, 3.8) is 0 Å². The Hall–Kier alpha value is -4.07. The van der Waals surface area contributed by atoms with Crippen LogP contribution in [-0.2, 0) is 9.59 Å². The summed E-state index contributed by atoms with van der Waals surface area (Å²) in [6.07, 6.45) is 2.86.